The van der Waals surface area contributed by atoms with Crippen molar-refractivity contribution in [2.75, 3.05) is 23.7 Å². The lowest BCUT2D eigenvalue weighted by Crippen LogP contribution is -2.38. The molecule has 1 saturated carbocycles. The average Bonchev–Trinajstić information content (AvgIpc) is 3.65. The van der Waals surface area contributed by atoms with Crippen molar-refractivity contribution < 1.29 is 13.9 Å². The van der Waals surface area contributed by atoms with Gasteiger partial charge in [0.25, 0.3) is 0 Å². The fraction of sp³-hybridized carbons (Fsp3) is 0.333. The molecule has 200 valence electrons. The fourth-order valence-electron chi connectivity index (χ4n) is 5.04. The summed E-state index contributed by atoms with van der Waals surface area (Å²) in [6.45, 7) is 3.90. The summed E-state index contributed by atoms with van der Waals surface area (Å²) in [5.41, 5.74) is 3.05. The first-order valence-electron chi connectivity index (χ1n) is 13.4. The molecule has 2 aliphatic rings. The Bertz CT molecular complexity index is 1510. The van der Waals surface area contributed by atoms with Gasteiger partial charge in [0, 0.05) is 53.8 Å². The van der Waals surface area contributed by atoms with E-state index in [1.54, 1.807) is 12.4 Å². The van der Waals surface area contributed by atoms with E-state index in [2.05, 4.69) is 25.9 Å². The summed E-state index contributed by atoms with van der Waals surface area (Å²) in [5.74, 6) is 1.30. The Morgan fingerprint density at radius 2 is 2.00 bits per heavy atom. The number of carbonyl (C=O) groups excluding carboxylic acids is 1. The van der Waals surface area contributed by atoms with E-state index in [1.165, 1.54) is 0 Å². The summed E-state index contributed by atoms with van der Waals surface area (Å²) in [7, 11) is 0. The molecular formula is C30H31FN6O2. The summed E-state index contributed by atoms with van der Waals surface area (Å²) in [4.78, 5) is 26.2. The van der Waals surface area contributed by atoms with Crippen LogP contribution in [0.1, 0.15) is 31.2 Å². The summed E-state index contributed by atoms with van der Waals surface area (Å²) in [6, 6.07) is 15.5. The van der Waals surface area contributed by atoms with Crippen LogP contribution in [-0.2, 0) is 4.79 Å². The maximum Gasteiger partial charge on any atom is 0.228 e. The van der Waals surface area contributed by atoms with Crippen molar-refractivity contribution in [1.29, 1.82) is 0 Å². The zero-order chi connectivity index (χ0) is 26.8. The van der Waals surface area contributed by atoms with E-state index in [1.807, 2.05) is 55.5 Å². The average molecular weight is 527 g/mol. The Labute approximate surface area is 226 Å². The Balaban J connectivity index is 1.29. The summed E-state index contributed by atoms with van der Waals surface area (Å²) in [6.07, 6.45) is 5.42. The Hall–Kier alpha value is -4.11. The second kappa shape index (κ2) is 10.9. The van der Waals surface area contributed by atoms with Crippen LogP contribution in [0.5, 0.6) is 11.6 Å². The maximum absolute atomic E-state index is 13.3. The number of aryl methyl sites for hydroxylation is 1. The molecule has 9 heteroatoms. The zero-order valence-electron chi connectivity index (χ0n) is 21.8. The van der Waals surface area contributed by atoms with Crippen molar-refractivity contribution in [3.05, 3.63) is 66.5 Å². The number of nitrogens with zero attached hydrogens (tertiary/aromatic N) is 3. The van der Waals surface area contributed by atoms with Crippen LogP contribution < -0.4 is 20.7 Å². The van der Waals surface area contributed by atoms with E-state index >= 15 is 0 Å². The van der Waals surface area contributed by atoms with Gasteiger partial charge in [-0.1, -0.05) is 24.3 Å². The van der Waals surface area contributed by atoms with E-state index < -0.39 is 6.17 Å². The number of amides is 1. The minimum atomic E-state index is -0.857. The van der Waals surface area contributed by atoms with Gasteiger partial charge in [-0.15, -0.1) is 0 Å². The lowest BCUT2D eigenvalue weighted by atomic mass is 10.0. The topological polar surface area (TPSA) is 101 Å². The fourth-order valence-corrected chi connectivity index (χ4v) is 5.04. The van der Waals surface area contributed by atoms with Crippen molar-refractivity contribution in [3.8, 4) is 22.9 Å². The molecule has 0 radical (unpaired) electrons. The zero-order valence-corrected chi connectivity index (χ0v) is 21.8. The van der Waals surface area contributed by atoms with Gasteiger partial charge in [-0.25, -0.2) is 19.3 Å². The standard InChI is InChI=1S/C30H31FN6O2/c1-18-9-10-21-22(6-2-8-25(21)36-27(38)16-19-15-24(19)31)28(18)39-29-23(7-4-13-33-29)26-11-14-34-30(37-26)35-20-5-3-12-32-17-20/h2,4,6-11,13-14,19-20,24,32H,3,5,12,15-17H2,1H3,(H,36,38)(H,34,35,37)/t19-,20+,24-/m1/s1. The highest BCUT2D eigenvalue weighted by atomic mass is 19.1. The molecule has 0 unspecified atom stereocenters. The number of hydrogen-bond acceptors (Lipinski definition) is 7. The van der Waals surface area contributed by atoms with E-state index in [4.69, 9.17) is 9.72 Å². The largest absolute Gasteiger partial charge is 0.437 e. The van der Waals surface area contributed by atoms with Crippen molar-refractivity contribution >= 4 is 28.3 Å². The molecule has 3 N–H and O–H groups in total. The molecular weight excluding hydrogens is 495 g/mol. The van der Waals surface area contributed by atoms with Gasteiger partial charge < -0.3 is 20.7 Å². The number of halogens is 1. The molecule has 6 rings (SSSR count). The number of fused-ring (bicyclic) bond motifs is 1. The van der Waals surface area contributed by atoms with Crippen LogP contribution in [0.2, 0.25) is 0 Å². The van der Waals surface area contributed by atoms with Crippen LogP contribution in [0.25, 0.3) is 22.0 Å². The molecule has 2 fully saturated rings. The molecule has 1 amide bonds. The minimum absolute atomic E-state index is 0.166. The third kappa shape index (κ3) is 5.68. The highest BCUT2D eigenvalue weighted by molar-refractivity contribution is 6.04. The smallest absolute Gasteiger partial charge is 0.228 e. The highest BCUT2D eigenvalue weighted by Crippen LogP contribution is 2.40. The van der Waals surface area contributed by atoms with E-state index in [0.29, 0.717) is 35.4 Å². The van der Waals surface area contributed by atoms with E-state index in [0.717, 1.165) is 47.8 Å². The van der Waals surface area contributed by atoms with Gasteiger partial charge in [-0.2, -0.15) is 0 Å². The quantitative estimate of drug-likeness (QED) is 0.273. The maximum atomic E-state index is 13.3. The lowest BCUT2D eigenvalue weighted by Gasteiger charge is -2.23. The number of pyridine rings is 1. The molecule has 39 heavy (non-hydrogen) atoms. The van der Waals surface area contributed by atoms with Gasteiger partial charge >= 0.3 is 0 Å². The van der Waals surface area contributed by atoms with Gasteiger partial charge in [0.2, 0.25) is 17.7 Å². The molecule has 0 spiro atoms. The van der Waals surface area contributed by atoms with Crippen molar-refractivity contribution in [2.45, 2.75) is 44.8 Å². The molecule has 1 saturated heterocycles. The first-order chi connectivity index (χ1) is 19.0. The van der Waals surface area contributed by atoms with Gasteiger partial charge in [0.15, 0.2) is 0 Å². The number of nitrogens with one attached hydrogen (secondary N) is 3. The Kier molecular flexibility index (Phi) is 7.06. The number of hydrogen-bond donors (Lipinski definition) is 3. The third-order valence-electron chi connectivity index (χ3n) is 7.30. The Morgan fingerprint density at radius 1 is 1.10 bits per heavy atom. The van der Waals surface area contributed by atoms with E-state index in [9.17, 15) is 9.18 Å². The molecule has 2 aromatic carbocycles. The van der Waals surface area contributed by atoms with Crippen LogP contribution >= 0.6 is 0 Å². The summed E-state index contributed by atoms with van der Waals surface area (Å²) < 4.78 is 19.8. The number of ether oxygens (including phenoxy) is 1. The van der Waals surface area contributed by atoms with Crippen LogP contribution in [-0.4, -0.2) is 46.2 Å². The molecule has 4 aromatic rings. The number of anilines is 2. The van der Waals surface area contributed by atoms with Crippen molar-refractivity contribution in [1.82, 2.24) is 20.3 Å². The molecule has 1 aliphatic carbocycles. The van der Waals surface area contributed by atoms with Gasteiger partial charge in [0.05, 0.1) is 11.3 Å². The van der Waals surface area contributed by atoms with Crippen LogP contribution in [0, 0.1) is 12.8 Å². The highest BCUT2D eigenvalue weighted by Gasteiger charge is 2.38. The molecule has 3 heterocycles. The molecule has 2 aromatic heterocycles. The normalized spacial score (nSPS) is 20.4. The second-order valence-electron chi connectivity index (χ2n) is 10.3. The summed E-state index contributed by atoms with van der Waals surface area (Å²) in [5, 5.41) is 11.5. The van der Waals surface area contributed by atoms with Crippen LogP contribution in [0.15, 0.2) is 60.9 Å². The minimum Gasteiger partial charge on any atom is -0.437 e. The molecule has 3 atom stereocenters. The van der Waals surface area contributed by atoms with Gasteiger partial charge in [-0.3, -0.25) is 4.79 Å². The molecule has 8 nitrogen and oxygen atoms in total. The predicted molar refractivity (Wildman–Crippen MR) is 150 cm³/mol. The van der Waals surface area contributed by atoms with Crippen LogP contribution in [0.3, 0.4) is 0 Å². The van der Waals surface area contributed by atoms with Crippen LogP contribution in [0.4, 0.5) is 16.0 Å². The van der Waals surface area contributed by atoms with Gasteiger partial charge in [0.1, 0.15) is 11.9 Å². The number of benzene rings is 2. The second-order valence-corrected chi connectivity index (χ2v) is 10.3. The number of rotatable bonds is 8. The van der Waals surface area contributed by atoms with E-state index in [-0.39, 0.29) is 24.3 Å². The third-order valence-corrected chi connectivity index (χ3v) is 7.30. The van der Waals surface area contributed by atoms with Crippen molar-refractivity contribution in [2.24, 2.45) is 5.92 Å². The number of alkyl halides is 1. The first kappa shape index (κ1) is 25.2. The monoisotopic (exact) mass is 526 g/mol. The Morgan fingerprint density at radius 3 is 2.82 bits per heavy atom. The summed E-state index contributed by atoms with van der Waals surface area (Å²) >= 11 is 0. The predicted octanol–water partition coefficient (Wildman–Crippen LogP) is 5.64. The SMILES string of the molecule is Cc1ccc2c(NC(=O)C[C@H]3C[C@H]3F)cccc2c1Oc1ncccc1-c1ccnc(N[C@H]2CCCNC2)n1. The lowest BCUT2D eigenvalue weighted by molar-refractivity contribution is -0.116. The number of piperidine rings is 1. The first-order valence-corrected chi connectivity index (χ1v) is 13.4. The molecule has 1 aliphatic heterocycles. The van der Waals surface area contributed by atoms with Gasteiger partial charge in [-0.05, 0) is 62.6 Å². The number of carbonyl (C=O) groups is 1. The molecule has 0 bridgehead atoms. The number of aromatic nitrogens is 3. The van der Waals surface area contributed by atoms with Crippen molar-refractivity contribution in [3.63, 3.8) is 0 Å².